The average Bonchev–Trinajstić information content (AvgIpc) is 3.36. The number of carbonyl (C=O) groups is 1. The summed E-state index contributed by atoms with van der Waals surface area (Å²) >= 11 is 0. The second kappa shape index (κ2) is 9.56. The zero-order chi connectivity index (χ0) is 22.8. The highest BCUT2D eigenvalue weighted by Gasteiger charge is 2.41. The number of benzene rings is 2. The van der Waals surface area contributed by atoms with E-state index in [-0.39, 0.29) is 5.78 Å². The van der Waals surface area contributed by atoms with E-state index >= 15 is 0 Å². The van der Waals surface area contributed by atoms with E-state index in [1.165, 1.54) is 36.8 Å². The Morgan fingerprint density at radius 3 is 2.64 bits per heavy atom. The van der Waals surface area contributed by atoms with Crippen LogP contribution in [0.1, 0.15) is 67.4 Å². The van der Waals surface area contributed by atoms with Crippen LogP contribution in [0.3, 0.4) is 0 Å². The Morgan fingerprint density at radius 2 is 1.88 bits per heavy atom. The van der Waals surface area contributed by atoms with Gasteiger partial charge in [0.1, 0.15) is 0 Å². The molecule has 0 amide bonds. The molecule has 2 fully saturated rings. The number of nitrogens with zero attached hydrogens (tertiary/aromatic N) is 2. The van der Waals surface area contributed by atoms with Crippen molar-refractivity contribution < 1.29 is 14.3 Å². The number of hydrogen-bond donors (Lipinski definition) is 1. The molecule has 1 aromatic heterocycles. The number of H-pyrrole nitrogens is 1. The summed E-state index contributed by atoms with van der Waals surface area (Å²) < 4.78 is 11.4. The number of aromatic nitrogens is 2. The number of unbranched alkanes of at least 4 members (excludes halogenated alkanes) is 1. The van der Waals surface area contributed by atoms with Gasteiger partial charge in [0.05, 0.1) is 19.2 Å². The fraction of sp³-hybridized carbons (Fsp3) is 0.481. The lowest BCUT2D eigenvalue weighted by atomic mass is 9.86. The lowest BCUT2D eigenvalue weighted by molar-refractivity contribution is 0.101. The second-order valence-corrected chi connectivity index (χ2v) is 9.42. The van der Waals surface area contributed by atoms with Gasteiger partial charge >= 0.3 is 0 Å². The van der Waals surface area contributed by atoms with Gasteiger partial charge in [0.2, 0.25) is 0 Å². The smallest absolute Gasteiger partial charge is 0.161 e. The maximum atomic E-state index is 11.6. The number of para-hydroxylation sites is 1. The van der Waals surface area contributed by atoms with Crippen LogP contribution < -0.4 is 9.47 Å². The number of piperidine rings is 1. The van der Waals surface area contributed by atoms with Crippen LogP contribution in [0.15, 0.2) is 42.5 Å². The van der Waals surface area contributed by atoms with Gasteiger partial charge in [-0.1, -0.05) is 18.2 Å². The van der Waals surface area contributed by atoms with Crippen molar-refractivity contribution in [1.82, 2.24) is 15.1 Å². The van der Waals surface area contributed by atoms with Crippen LogP contribution in [0, 0.1) is 0 Å². The molecular formula is C27H33N3O3. The summed E-state index contributed by atoms with van der Waals surface area (Å²) in [5.41, 5.74) is 3.05. The molecule has 3 aromatic rings. The van der Waals surface area contributed by atoms with Crippen LogP contribution in [-0.2, 0) is 0 Å². The first-order valence-corrected chi connectivity index (χ1v) is 12.1. The highest BCUT2D eigenvalue weighted by atomic mass is 16.5. The van der Waals surface area contributed by atoms with Crippen LogP contribution in [0.5, 0.6) is 11.5 Å². The van der Waals surface area contributed by atoms with Gasteiger partial charge in [-0.15, -0.1) is 0 Å². The summed E-state index contributed by atoms with van der Waals surface area (Å²) in [7, 11) is 1.61. The molecule has 5 rings (SSSR count). The molecule has 6 heteroatoms. The normalized spacial score (nSPS) is 22.5. The molecule has 33 heavy (non-hydrogen) atoms. The molecule has 0 aliphatic carbocycles. The molecule has 0 spiro atoms. The second-order valence-electron chi connectivity index (χ2n) is 9.42. The molecule has 2 atom stereocenters. The van der Waals surface area contributed by atoms with Crippen molar-refractivity contribution in [2.45, 2.75) is 63.5 Å². The molecule has 2 aromatic carbocycles. The van der Waals surface area contributed by atoms with Crippen LogP contribution in [0.25, 0.3) is 10.9 Å². The Balaban J connectivity index is 1.12. The Bertz CT molecular complexity index is 1110. The number of ether oxygens (including phenoxy) is 2. The standard InChI is InChI=1S/C27H33N3O3/c1-18(31)19-9-12-25(26(17-19)32-2)33-14-6-5-13-30-21-10-11-22(30)16-20(15-21)27-23-7-3-4-8-24(23)28-29-27/h3-4,7-9,12,17,20-22H,5-6,10-11,13-16H2,1-2H3,(H,28,29). The van der Waals surface area contributed by atoms with E-state index in [9.17, 15) is 4.79 Å². The number of Topliss-reactive ketones (excluding diaryl/α,β-unsaturated/α-hetero) is 1. The van der Waals surface area contributed by atoms with Gasteiger partial charge in [-0.2, -0.15) is 5.10 Å². The highest BCUT2D eigenvalue weighted by Crippen LogP contribution is 2.44. The number of rotatable bonds is 9. The highest BCUT2D eigenvalue weighted by molar-refractivity contribution is 5.94. The van der Waals surface area contributed by atoms with E-state index in [1.807, 2.05) is 6.07 Å². The van der Waals surface area contributed by atoms with Gasteiger partial charge in [0, 0.05) is 34.6 Å². The Labute approximate surface area is 195 Å². The molecule has 1 N–H and O–H groups in total. The number of aromatic amines is 1. The molecule has 0 radical (unpaired) electrons. The number of hydrogen-bond acceptors (Lipinski definition) is 5. The van der Waals surface area contributed by atoms with Crippen molar-refractivity contribution in [1.29, 1.82) is 0 Å². The fourth-order valence-corrected chi connectivity index (χ4v) is 5.75. The third kappa shape index (κ3) is 4.49. The zero-order valence-electron chi connectivity index (χ0n) is 19.5. The number of methoxy groups -OCH3 is 1. The van der Waals surface area contributed by atoms with Gasteiger partial charge in [-0.05, 0) is 76.3 Å². The summed E-state index contributed by atoms with van der Waals surface area (Å²) in [6, 6.07) is 15.2. The van der Waals surface area contributed by atoms with Crippen molar-refractivity contribution in [2.75, 3.05) is 20.3 Å². The lowest BCUT2D eigenvalue weighted by Gasteiger charge is -2.38. The minimum absolute atomic E-state index is 0.0268. The van der Waals surface area contributed by atoms with Crippen molar-refractivity contribution in [3.8, 4) is 11.5 Å². The third-order valence-electron chi connectivity index (χ3n) is 7.42. The van der Waals surface area contributed by atoms with Gasteiger partial charge in [-0.25, -0.2) is 0 Å². The first kappa shape index (κ1) is 22.0. The SMILES string of the molecule is COc1cc(C(C)=O)ccc1OCCCCN1C2CCC1CC(c1[nH]nc3ccccc13)C2. The first-order chi connectivity index (χ1) is 16.1. The average molecular weight is 448 g/mol. The molecular weight excluding hydrogens is 414 g/mol. The van der Waals surface area contributed by atoms with Gasteiger partial charge in [-0.3, -0.25) is 14.8 Å². The maximum Gasteiger partial charge on any atom is 0.161 e. The predicted molar refractivity (Wildman–Crippen MR) is 129 cm³/mol. The van der Waals surface area contributed by atoms with E-state index in [1.54, 1.807) is 26.2 Å². The number of ketones is 1. The first-order valence-electron chi connectivity index (χ1n) is 12.1. The van der Waals surface area contributed by atoms with Gasteiger partial charge in [0.15, 0.2) is 17.3 Å². The van der Waals surface area contributed by atoms with Crippen LogP contribution in [0.2, 0.25) is 0 Å². The number of nitrogens with one attached hydrogen (secondary N) is 1. The molecule has 3 heterocycles. The molecule has 2 saturated heterocycles. The quantitative estimate of drug-likeness (QED) is 0.354. The minimum Gasteiger partial charge on any atom is -0.493 e. The summed E-state index contributed by atoms with van der Waals surface area (Å²) in [6.45, 7) is 3.35. The number of fused-ring (bicyclic) bond motifs is 3. The summed E-state index contributed by atoms with van der Waals surface area (Å²) in [5, 5.41) is 9.16. The predicted octanol–water partition coefficient (Wildman–Crippen LogP) is 5.34. The monoisotopic (exact) mass is 447 g/mol. The van der Waals surface area contributed by atoms with Gasteiger partial charge < -0.3 is 9.47 Å². The van der Waals surface area contributed by atoms with Crippen molar-refractivity contribution in [2.24, 2.45) is 0 Å². The van der Waals surface area contributed by atoms with Crippen molar-refractivity contribution in [3.05, 3.63) is 53.7 Å². The Morgan fingerprint density at radius 1 is 1.09 bits per heavy atom. The molecule has 2 unspecified atom stereocenters. The lowest BCUT2D eigenvalue weighted by Crippen LogP contribution is -2.42. The molecule has 174 valence electrons. The maximum absolute atomic E-state index is 11.6. The Kier molecular flexibility index (Phi) is 6.36. The largest absolute Gasteiger partial charge is 0.493 e. The van der Waals surface area contributed by atoms with E-state index in [0.29, 0.717) is 41.7 Å². The van der Waals surface area contributed by atoms with Crippen molar-refractivity contribution in [3.63, 3.8) is 0 Å². The molecule has 6 nitrogen and oxygen atoms in total. The summed E-state index contributed by atoms with van der Waals surface area (Å²) in [4.78, 5) is 14.3. The van der Waals surface area contributed by atoms with Crippen LogP contribution in [-0.4, -0.2) is 53.2 Å². The zero-order valence-corrected chi connectivity index (χ0v) is 19.5. The van der Waals surface area contributed by atoms with E-state index in [4.69, 9.17) is 9.47 Å². The summed E-state index contributed by atoms with van der Waals surface area (Å²) in [5.74, 6) is 1.93. The van der Waals surface area contributed by atoms with E-state index < -0.39 is 0 Å². The van der Waals surface area contributed by atoms with Crippen LogP contribution in [0.4, 0.5) is 0 Å². The Hall–Kier alpha value is -2.86. The molecule has 2 bridgehead atoms. The molecule has 2 aliphatic rings. The van der Waals surface area contributed by atoms with Crippen LogP contribution >= 0.6 is 0 Å². The fourth-order valence-electron chi connectivity index (χ4n) is 5.75. The van der Waals surface area contributed by atoms with Crippen molar-refractivity contribution >= 4 is 16.7 Å². The van der Waals surface area contributed by atoms with E-state index in [0.717, 1.165) is 24.9 Å². The minimum atomic E-state index is 0.0268. The van der Waals surface area contributed by atoms with E-state index in [2.05, 4.69) is 39.4 Å². The number of carbonyl (C=O) groups excluding carboxylic acids is 1. The van der Waals surface area contributed by atoms with Gasteiger partial charge in [0.25, 0.3) is 0 Å². The topological polar surface area (TPSA) is 67.5 Å². The summed E-state index contributed by atoms with van der Waals surface area (Å²) in [6.07, 6.45) is 7.19. The molecule has 0 saturated carbocycles. The third-order valence-corrected chi connectivity index (χ3v) is 7.42. The molecule has 2 aliphatic heterocycles.